The van der Waals surface area contributed by atoms with Gasteiger partial charge in [-0.1, -0.05) is 57.6 Å². The molecule has 3 nitrogen and oxygen atoms in total. The maximum Gasteiger partial charge on any atom is 0.218 e. The number of halogens is 1. The summed E-state index contributed by atoms with van der Waals surface area (Å²) in [4.78, 5) is 8.53. The zero-order valence-corrected chi connectivity index (χ0v) is 12.9. The smallest absolute Gasteiger partial charge is 0.218 e. The summed E-state index contributed by atoms with van der Waals surface area (Å²) in [7, 11) is 0. The molecule has 0 saturated heterocycles. The van der Waals surface area contributed by atoms with Crippen molar-refractivity contribution >= 4 is 11.6 Å². The molecule has 1 heterocycles. The molecule has 0 bridgehead atoms. The van der Waals surface area contributed by atoms with Crippen LogP contribution in [0.15, 0.2) is 6.07 Å². The number of unbranched alkanes of at least 4 members (excludes halogenated alkanes) is 5. The van der Waals surface area contributed by atoms with E-state index in [2.05, 4.69) is 23.8 Å². The number of hydrogen-bond donors (Lipinski definition) is 0. The van der Waals surface area contributed by atoms with Gasteiger partial charge >= 0.3 is 0 Å². The average Bonchev–Trinajstić information content (AvgIpc) is 2.37. The molecule has 4 heteroatoms. The minimum absolute atomic E-state index is 0.469. The second-order valence-corrected chi connectivity index (χ2v) is 5.20. The maximum atomic E-state index is 5.95. The van der Waals surface area contributed by atoms with Gasteiger partial charge in [0.2, 0.25) is 5.88 Å². The molecule has 0 aliphatic carbocycles. The quantitative estimate of drug-likeness (QED) is 0.456. The van der Waals surface area contributed by atoms with E-state index in [0.29, 0.717) is 17.6 Å². The lowest BCUT2D eigenvalue weighted by molar-refractivity contribution is 0.291. The predicted molar refractivity (Wildman–Crippen MR) is 79.9 cm³/mol. The van der Waals surface area contributed by atoms with Crippen LogP contribution in [0.25, 0.3) is 0 Å². The van der Waals surface area contributed by atoms with Crippen LogP contribution < -0.4 is 4.74 Å². The summed E-state index contributed by atoms with van der Waals surface area (Å²) in [5.41, 5.74) is 0. The summed E-state index contributed by atoms with van der Waals surface area (Å²) < 4.78 is 5.64. The lowest BCUT2D eigenvalue weighted by atomic mass is 10.1. The number of rotatable bonds is 10. The first-order chi connectivity index (χ1) is 9.26. The van der Waals surface area contributed by atoms with Gasteiger partial charge in [-0.25, -0.2) is 4.98 Å². The summed E-state index contributed by atoms with van der Waals surface area (Å²) in [6.45, 7) is 5.04. The van der Waals surface area contributed by atoms with Crippen molar-refractivity contribution in [3.05, 3.63) is 17.0 Å². The number of nitrogens with zero attached hydrogens (tertiary/aromatic N) is 2. The fourth-order valence-corrected chi connectivity index (χ4v) is 2.10. The molecule has 1 aromatic heterocycles. The van der Waals surface area contributed by atoms with Gasteiger partial charge in [0, 0.05) is 12.5 Å². The molecule has 108 valence electrons. The van der Waals surface area contributed by atoms with Crippen molar-refractivity contribution in [2.45, 2.75) is 65.2 Å². The van der Waals surface area contributed by atoms with Crippen molar-refractivity contribution in [3.8, 4) is 5.88 Å². The van der Waals surface area contributed by atoms with E-state index in [-0.39, 0.29) is 0 Å². The highest BCUT2D eigenvalue weighted by Crippen LogP contribution is 2.15. The van der Waals surface area contributed by atoms with Crippen molar-refractivity contribution in [2.75, 3.05) is 6.61 Å². The third-order valence-corrected chi connectivity index (χ3v) is 3.13. The van der Waals surface area contributed by atoms with Gasteiger partial charge < -0.3 is 4.74 Å². The predicted octanol–water partition coefficient (Wildman–Crippen LogP) is 4.82. The summed E-state index contributed by atoms with van der Waals surface area (Å²) in [5, 5.41) is 0.469. The van der Waals surface area contributed by atoms with Crippen molar-refractivity contribution < 1.29 is 4.74 Å². The van der Waals surface area contributed by atoms with Gasteiger partial charge in [0.05, 0.1) is 6.61 Å². The molecule has 0 N–H and O–H groups in total. The van der Waals surface area contributed by atoms with Crippen LogP contribution in [0.4, 0.5) is 0 Å². The Morgan fingerprint density at radius 2 is 1.74 bits per heavy atom. The fourth-order valence-electron chi connectivity index (χ4n) is 1.91. The Kier molecular flexibility index (Phi) is 8.55. The average molecular weight is 285 g/mol. The van der Waals surface area contributed by atoms with Crippen LogP contribution in [-0.2, 0) is 6.42 Å². The van der Waals surface area contributed by atoms with Crippen molar-refractivity contribution in [3.63, 3.8) is 0 Å². The van der Waals surface area contributed by atoms with Crippen molar-refractivity contribution in [2.24, 2.45) is 0 Å². The Balaban J connectivity index is 2.25. The van der Waals surface area contributed by atoms with Crippen LogP contribution >= 0.6 is 11.6 Å². The topological polar surface area (TPSA) is 35.0 Å². The van der Waals surface area contributed by atoms with E-state index in [4.69, 9.17) is 16.3 Å². The Bertz CT molecular complexity index is 358. The van der Waals surface area contributed by atoms with E-state index in [1.54, 1.807) is 6.07 Å². The molecule has 0 aliphatic heterocycles. The third kappa shape index (κ3) is 7.36. The first-order valence-electron chi connectivity index (χ1n) is 7.42. The molecule has 0 atom stereocenters. The Morgan fingerprint density at radius 3 is 2.47 bits per heavy atom. The molecular formula is C15H25ClN2O. The van der Waals surface area contributed by atoms with Crippen LogP contribution in [0, 0.1) is 0 Å². The molecule has 0 saturated carbocycles. The molecule has 0 aromatic carbocycles. The van der Waals surface area contributed by atoms with Crippen LogP contribution in [0.5, 0.6) is 5.88 Å². The molecule has 0 spiro atoms. The lowest BCUT2D eigenvalue weighted by Crippen LogP contribution is -2.02. The minimum atomic E-state index is 0.469. The number of ether oxygens (including phenoxy) is 1. The van der Waals surface area contributed by atoms with Crippen LogP contribution in [-0.4, -0.2) is 16.6 Å². The number of hydrogen-bond acceptors (Lipinski definition) is 3. The van der Waals surface area contributed by atoms with Gasteiger partial charge in [0.25, 0.3) is 0 Å². The zero-order valence-electron chi connectivity index (χ0n) is 12.1. The molecule has 1 rings (SSSR count). The van der Waals surface area contributed by atoms with Gasteiger partial charge in [-0.15, -0.1) is 0 Å². The Labute approximate surface area is 121 Å². The summed E-state index contributed by atoms with van der Waals surface area (Å²) in [6, 6.07) is 1.69. The summed E-state index contributed by atoms with van der Waals surface area (Å²) >= 11 is 5.95. The molecule has 0 aliphatic rings. The summed E-state index contributed by atoms with van der Waals surface area (Å²) in [6.07, 6.45) is 9.40. The lowest BCUT2D eigenvalue weighted by Gasteiger charge is -2.07. The normalized spacial score (nSPS) is 10.7. The van der Waals surface area contributed by atoms with Gasteiger partial charge in [-0.2, -0.15) is 4.98 Å². The van der Waals surface area contributed by atoms with E-state index in [1.807, 2.05) is 0 Å². The molecular weight excluding hydrogens is 260 g/mol. The standard InChI is InChI=1S/C15H25ClN2O/c1-3-5-6-7-8-9-11-19-15-12-13(16)17-14(18-15)10-4-2/h12H,3-11H2,1-2H3. The first-order valence-corrected chi connectivity index (χ1v) is 7.80. The highest BCUT2D eigenvalue weighted by atomic mass is 35.5. The number of aromatic nitrogens is 2. The number of aryl methyl sites for hydroxylation is 1. The van der Waals surface area contributed by atoms with E-state index < -0.39 is 0 Å². The molecule has 0 amide bonds. The van der Waals surface area contributed by atoms with Crippen LogP contribution in [0.3, 0.4) is 0 Å². The maximum absolute atomic E-state index is 5.95. The molecule has 1 aromatic rings. The van der Waals surface area contributed by atoms with Gasteiger partial charge in [-0.3, -0.25) is 0 Å². The van der Waals surface area contributed by atoms with E-state index >= 15 is 0 Å². The highest BCUT2D eigenvalue weighted by Gasteiger charge is 2.03. The van der Waals surface area contributed by atoms with Gasteiger partial charge in [-0.05, 0) is 12.8 Å². The molecule has 0 unspecified atom stereocenters. The van der Waals surface area contributed by atoms with Crippen LogP contribution in [0.1, 0.15) is 64.6 Å². The third-order valence-electron chi connectivity index (χ3n) is 2.94. The molecule has 0 radical (unpaired) electrons. The zero-order chi connectivity index (χ0) is 13.9. The monoisotopic (exact) mass is 284 g/mol. The Morgan fingerprint density at radius 1 is 1.00 bits per heavy atom. The van der Waals surface area contributed by atoms with Crippen molar-refractivity contribution in [1.29, 1.82) is 0 Å². The van der Waals surface area contributed by atoms with Gasteiger partial charge in [0.15, 0.2) is 0 Å². The second kappa shape index (κ2) is 10.0. The first kappa shape index (κ1) is 16.2. The highest BCUT2D eigenvalue weighted by molar-refractivity contribution is 6.29. The minimum Gasteiger partial charge on any atom is -0.478 e. The molecule has 0 fully saturated rings. The van der Waals surface area contributed by atoms with E-state index in [1.165, 1.54) is 32.1 Å². The van der Waals surface area contributed by atoms with E-state index in [0.717, 1.165) is 25.1 Å². The molecule has 19 heavy (non-hydrogen) atoms. The fraction of sp³-hybridized carbons (Fsp3) is 0.733. The van der Waals surface area contributed by atoms with Crippen LogP contribution in [0.2, 0.25) is 5.15 Å². The second-order valence-electron chi connectivity index (χ2n) is 4.81. The largest absolute Gasteiger partial charge is 0.478 e. The SMILES string of the molecule is CCCCCCCCOc1cc(Cl)nc(CCC)n1. The van der Waals surface area contributed by atoms with E-state index in [9.17, 15) is 0 Å². The Hall–Kier alpha value is -0.830. The van der Waals surface area contributed by atoms with Crippen molar-refractivity contribution in [1.82, 2.24) is 9.97 Å². The van der Waals surface area contributed by atoms with Gasteiger partial charge in [0.1, 0.15) is 11.0 Å². The summed E-state index contributed by atoms with van der Waals surface area (Å²) in [5.74, 6) is 1.38.